The van der Waals surface area contributed by atoms with Gasteiger partial charge in [0.15, 0.2) is 5.13 Å². The minimum Gasteiger partial charge on any atom is -0.479 e. The summed E-state index contributed by atoms with van der Waals surface area (Å²) in [5, 5.41) is 15.5. The van der Waals surface area contributed by atoms with Gasteiger partial charge in [-0.05, 0) is 37.8 Å². The highest BCUT2D eigenvalue weighted by molar-refractivity contribution is 7.22. The van der Waals surface area contributed by atoms with E-state index in [1.54, 1.807) is 6.20 Å². The maximum atomic E-state index is 12.9. The highest BCUT2D eigenvalue weighted by atomic mass is 32.1. The number of carbonyl (C=O) groups is 1. The number of nitrogens with zero attached hydrogens (tertiary/aromatic N) is 3. The van der Waals surface area contributed by atoms with E-state index in [2.05, 4.69) is 32.1 Å². The van der Waals surface area contributed by atoms with Crippen molar-refractivity contribution in [1.82, 2.24) is 20.2 Å². The fourth-order valence-electron chi connectivity index (χ4n) is 4.31. The quantitative estimate of drug-likeness (QED) is 0.474. The molecule has 30 heavy (non-hydrogen) atoms. The predicted molar refractivity (Wildman–Crippen MR) is 116 cm³/mol. The van der Waals surface area contributed by atoms with Crippen LogP contribution in [0.4, 0.5) is 9.93 Å². The first-order valence-electron chi connectivity index (χ1n) is 10.1. The molecular weight excluding hydrogens is 406 g/mol. The average Bonchev–Trinajstić information content (AvgIpc) is 3.36. The van der Waals surface area contributed by atoms with E-state index in [0.717, 1.165) is 61.3 Å². The van der Waals surface area contributed by atoms with Crippen LogP contribution < -0.4 is 15.4 Å². The Kier molecular flexibility index (Phi) is 6.19. The standard InChI is InChI=1S/C20H27N5O4S/c1-13(4-9-29-27)14-10-22-17(28-2)15-16(14)30-18(23-15)24-19(26)25-8-6-20(12-25)5-3-7-21-11-20/h10,21,27H,1,3-9,11-12H2,2H3,(H,23,24,26)/t20-/m1/s1. The zero-order valence-corrected chi connectivity index (χ0v) is 17.9. The molecule has 2 saturated heterocycles. The van der Waals surface area contributed by atoms with E-state index >= 15 is 0 Å². The third-order valence-corrected chi connectivity index (χ3v) is 6.96. The molecular formula is C20H27N5O4S. The summed E-state index contributed by atoms with van der Waals surface area (Å²) in [7, 11) is 1.54. The minimum absolute atomic E-state index is 0.127. The van der Waals surface area contributed by atoms with Crippen LogP contribution in [0, 0.1) is 5.41 Å². The number of pyridine rings is 1. The van der Waals surface area contributed by atoms with Crippen molar-refractivity contribution in [2.24, 2.45) is 5.41 Å². The number of likely N-dealkylation sites (tertiary alicyclic amines) is 1. The largest absolute Gasteiger partial charge is 0.479 e. The highest BCUT2D eigenvalue weighted by Crippen LogP contribution is 2.38. The van der Waals surface area contributed by atoms with Crippen molar-refractivity contribution in [3.63, 3.8) is 0 Å². The topological polar surface area (TPSA) is 109 Å². The van der Waals surface area contributed by atoms with Gasteiger partial charge in [-0.15, -0.1) is 0 Å². The monoisotopic (exact) mass is 433 g/mol. The molecule has 4 rings (SSSR count). The van der Waals surface area contributed by atoms with Crippen LogP contribution >= 0.6 is 11.3 Å². The molecule has 162 valence electrons. The maximum Gasteiger partial charge on any atom is 0.323 e. The lowest BCUT2D eigenvalue weighted by molar-refractivity contribution is -0.240. The van der Waals surface area contributed by atoms with Crippen LogP contribution in [0.25, 0.3) is 15.8 Å². The summed E-state index contributed by atoms with van der Waals surface area (Å²) in [6.45, 7) is 7.76. The van der Waals surface area contributed by atoms with Gasteiger partial charge in [0.1, 0.15) is 5.52 Å². The lowest BCUT2D eigenvalue weighted by atomic mass is 9.80. The molecule has 10 heteroatoms. The maximum absolute atomic E-state index is 12.9. The number of thiazole rings is 1. The van der Waals surface area contributed by atoms with Gasteiger partial charge in [0.25, 0.3) is 0 Å². The number of urea groups is 1. The second-order valence-corrected chi connectivity index (χ2v) is 8.95. The van der Waals surface area contributed by atoms with Crippen LogP contribution in [0.5, 0.6) is 5.88 Å². The zero-order valence-electron chi connectivity index (χ0n) is 17.1. The number of anilines is 1. The summed E-state index contributed by atoms with van der Waals surface area (Å²) >= 11 is 1.36. The van der Waals surface area contributed by atoms with E-state index in [0.29, 0.717) is 22.9 Å². The van der Waals surface area contributed by atoms with Gasteiger partial charge in [-0.1, -0.05) is 17.9 Å². The molecule has 2 aromatic heterocycles. The molecule has 3 N–H and O–H groups in total. The first kappa shape index (κ1) is 21.0. The summed E-state index contributed by atoms with van der Waals surface area (Å²) in [6, 6.07) is -0.127. The van der Waals surface area contributed by atoms with Crippen molar-refractivity contribution < 1.29 is 19.7 Å². The Balaban J connectivity index is 1.53. The van der Waals surface area contributed by atoms with Gasteiger partial charge in [0.2, 0.25) is 5.88 Å². The number of methoxy groups -OCH3 is 1. The van der Waals surface area contributed by atoms with Crippen molar-refractivity contribution in [1.29, 1.82) is 0 Å². The molecule has 2 aliphatic rings. The molecule has 0 aliphatic carbocycles. The lowest BCUT2D eigenvalue weighted by Crippen LogP contribution is -2.43. The van der Waals surface area contributed by atoms with Crippen molar-refractivity contribution in [2.45, 2.75) is 25.7 Å². The summed E-state index contributed by atoms with van der Waals surface area (Å²) in [4.78, 5) is 27.8. The highest BCUT2D eigenvalue weighted by Gasteiger charge is 2.40. The first-order chi connectivity index (χ1) is 14.5. The lowest BCUT2D eigenvalue weighted by Gasteiger charge is -2.33. The zero-order chi connectivity index (χ0) is 21.1. The van der Waals surface area contributed by atoms with E-state index in [4.69, 9.17) is 9.99 Å². The number of carbonyl (C=O) groups excluding carboxylic acids is 1. The number of amides is 2. The molecule has 2 aromatic rings. The molecule has 2 fully saturated rings. The van der Waals surface area contributed by atoms with Crippen LogP contribution in [0.15, 0.2) is 12.8 Å². The van der Waals surface area contributed by atoms with Crippen LogP contribution in [0.2, 0.25) is 0 Å². The second-order valence-electron chi connectivity index (χ2n) is 7.95. The van der Waals surface area contributed by atoms with Crippen LogP contribution in [-0.4, -0.2) is 66.1 Å². The Labute approximate surface area is 179 Å². The van der Waals surface area contributed by atoms with E-state index in [1.807, 2.05) is 4.90 Å². The molecule has 9 nitrogen and oxygen atoms in total. The Morgan fingerprint density at radius 2 is 2.37 bits per heavy atom. The van der Waals surface area contributed by atoms with Crippen molar-refractivity contribution in [2.75, 3.05) is 45.2 Å². The smallest absolute Gasteiger partial charge is 0.323 e. The van der Waals surface area contributed by atoms with Crippen molar-refractivity contribution in [3.8, 4) is 5.88 Å². The number of ether oxygens (including phenoxy) is 1. The van der Waals surface area contributed by atoms with E-state index in [1.165, 1.54) is 18.4 Å². The van der Waals surface area contributed by atoms with E-state index < -0.39 is 0 Å². The van der Waals surface area contributed by atoms with Crippen molar-refractivity contribution in [3.05, 3.63) is 18.3 Å². The first-order valence-corrected chi connectivity index (χ1v) is 10.9. The summed E-state index contributed by atoms with van der Waals surface area (Å²) in [5.41, 5.74) is 2.35. The molecule has 2 aliphatic heterocycles. The van der Waals surface area contributed by atoms with Gasteiger partial charge in [-0.3, -0.25) is 10.6 Å². The number of nitrogens with one attached hydrogen (secondary N) is 2. The Hall–Kier alpha value is -2.27. The molecule has 4 heterocycles. The van der Waals surface area contributed by atoms with Gasteiger partial charge < -0.3 is 15.0 Å². The third-order valence-electron chi connectivity index (χ3n) is 5.95. The van der Waals surface area contributed by atoms with Crippen LogP contribution in [-0.2, 0) is 4.89 Å². The molecule has 0 aromatic carbocycles. The fraction of sp³-hybridized carbons (Fsp3) is 0.550. The van der Waals surface area contributed by atoms with Crippen LogP contribution in [0.3, 0.4) is 0 Å². The van der Waals surface area contributed by atoms with Gasteiger partial charge in [0.05, 0.1) is 18.4 Å². The second kappa shape index (κ2) is 8.84. The van der Waals surface area contributed by atoms with E-state index in [9.17, 15) is 4.79 Å². The summed E-state index contributed by atoms with van der Waals surface area (Å²) < 4.78 is 6.17. The third kappa shape index (κ3) is 4.13. The van der Waals surface area contributed by atoms with Gasteiger partial charge in [0, 0.05) is 36.8 Å². The average molecular weight is 434 g/mol. The van der Waals surface area contributed by atoms with Gasteiger partial charge >= 0.3 is 6.03 Å². The predicted octanol–water partition coefficient (Wildman–Crippen LogP) is 3.20. The van der Waals surface area contributed by atoms with Gasteiger partial charge in [-0.2, -0.15) is 0 Å². The van der Waals surface area contributed by atoms with Crippen molar-refractivity contribution >= 4 is 38.3 Å². The molecule has 0 bridgehead atoms. The summed E-state index contributed by atoms with van der Waals surface area (Å²) in [5.74, 6) is 0.394. The Morgan fingerprint density at radius 3 is 3.10 bits per heavy atom. The Morgan fingerprint density at radius 1 is 1.50 bits per heavy atom. The fourth-order valence-corrected chi connectivity index (χ4v) is 5.31. The number of hydrogen-bond acceptors (Lipinski definition) is 8. The number of fused-ring (bicyclic) bond motifs is 1. The van der Waals surface area contributed by atoms with Gasteiger partial charge in [-0.25, -0.2) is 19.7 Å². The number of rotatable bonds is 6. The SMILES string of the molecule is C=C(CCOO)c1cnc(OC)c2nc(NC(=O)N3CC[C@@]4(CCCNC4)C3)sc12. The molecule has 0 radical (unpaired) electrons. The van der Waals surface area contributed by atoms with Crippen LogP contribution in [0.1, 0.15) is 31.2 Å². The van der Waals surface area contributed by atoms with E-state index in [-0.39, 0.29) is 18.1 Å². The minimum atomic E-state index is -0.127. The molecule has 0 saturated carbocycles. The number of hydrogen-bond donors (Lipinski definition) is 3. The number of aromatic nitrogens is 2. The molecule has 0 unspecified atom stereocenters. The normalized spacial score (nSPS) is 21.3. The molecule has 1 spiro atoms. The number of piperidine rings is 1. The molecule has 1 atom stereocenters. The summed E-state index contributed by atoms with van der Waals surface area (Å²) in [6.07, 6.45) is 5.47. The molecule has 2 amide bonds. The Bertz CT molecular complexity index is 941.